The van der Waals surface area contributed by atoms with Gasteiger partial charge in [-0.05, 0) is 24.0 Å². The van der Waals surface area contributed by atoms with Gasteiger partial charge in [-0.3, -0.25) is 4.90 Å². The second-order valence-electron chi connectivity index (χ2n) is 8.29. The number of cyclic esters (lactones) is 1. The number of aromatic nitrogens is 4. The molecule has 1 saturated heterocycles. The Bertz CT molecular complexity index is 1330. The second kappa shape index (κ2) is 10.2. The number of benzene rings is 2. The zero-order chi connectivity index (χ0) is 25.1. The van der Waals surface area contributed by atoms with Gasteiger partial charge < -0.3 is 14.6 Å². The number of aryl methyl sites for hydroxylation is 1. The van der Waals surface area contributed by atoms with Gasteiger partial charge in [-0.1, -0.05) is 29.4 Å². The quantitative estimate of drug-likeness (QED) is 0.334. The molecule has 1 aliphatic rings. The lowest BCUT2D eigenvalue weighted by Gasteiger charge is -2.17. The predicted molar refractivity (Wildman–Crippen MR) is 121 cm³/mol. The molecular formula is C24H21F3N6O3. The molecule has 1 fully saturated rings. The summed E-state index contributed by atoms with van der Waals surface area (Å²) in [6.07, 6.45) is 2.45. The van der Waals surface area contributed by atoms with E-state index in [0.29, 0.717) is 31.6 Å². The first-order chi connectivity index (χ1) is 17.5. The van der Waals surface area contributed by atoms with Crippen molar-refractivity contribution in [3.8, 4) is 11.1 Å². The summed E-state index contributed by atoms with van der Waals surface area (Å²) in [5.41, 5.74) is 1.44. The van der Waals surface area contributed by atoms with Gasteiger partial charge in [0.1, 0.15) is 18.2 Å². The Morgan fingerprint density at radius 3 is 2.64 bits per heavy atom. The number of nitrogens with one attached hydrogen (secondary N) is 2. The Morgan fingerprint density at radius 2 is 1.92 bits per heavy atom. The minimum atomic E-state index is -1.37. The molecule has 186 valence electrons. The number of hydrogen-bond donors (Lipinski definition) is 2. The molecule has 2 aromatic carbocycles. The van der Waals surface area contributed by atoms with Crippen LogP contribution in [0.1, 0.15) is 23.4 Å². The van der Waals surface area contributed by atoms with Crippen molar-refractivity contribution in [1.82, 2.24) is 25.9 Å². The summed E-state index contributed by atoms with van der Waals surface area (Å²) in [7, 11) is 0. The van der Waals surface area contributed by atoms with Crippen molar-refractivity contribution in [2.75, 3.05) is 11.4 Å². The van der Waals surface area contributed by atoms with E-state index >= 15 is 13.2 Å². The molecule has 12 heteroatoms. The summed E-state index contributed by atoms with van der Waals surface area (Å²) in [5, 5.41) is 17.1. The molecule has 2 aromatic heterocycles. The lowest BCUT2D eigenvalue weighted by molar-refractivity contribution is 0.136. The number of rotatable bonds is 9. The predicted octanol–water partition coefficient (Wildman–Crippen LogP) is 4.12. The van der Waals surface area contributed by atoms with Crippen molar-refractivity contribution in [3.05, 3.63) is 83.3 Å². The van der Waals surface area contributed by atoms with Crippen molar-refractivity contribution in [2.45, 2.75) is 32.0 Å². The Kier molecular flexibility index (Phi) is 6.67. The van der Waals surface area contributed by atoms with Crippen LogP contribution in [0.3, 0.4) is 0 Å². The van der Waals surface area contributed by atoms with E-state index in [1.807, 2.05) is 0 Å². The minimum absolute atomic E-state index is 0.0398. The van der Waals surface area contributed by atoms with Crippen LogP contribution in [-0.4, -0.2) is 39.3 Å². The first-order valence-corrected chi connectivity index (χ1v) is 11.2. The summed E-state index contributed by atoms with van der Waals surface area (Å²) in [4.78, 5) is 13.2. The van der Waals surface area contributed by atoms with Gasteiger partial charge in [0, 0.05) is 25.2 Å². The van der Waals surface area contributed by atoms with Gasteiger partial charge >= 0.3 is 6.09 Å². The summed E-state index contributed by atoms with van der Waals surface area (Å²) < 4.78 is 55.1. The highest BCUT2D eigenvalue weighted by atomic mass is 19.2. The van der Waals surface area contributed by atoms with Crippen LogP contribution in [0.2, 0.25) is 0 Å². The lowest BCUT2D eigenvalue weighted by atomic mass is 10.0. The van der Waals surface area contributed by atoms with Crippen LogP contribution in [0.25, 0.3) is 11.1 Å². The van der Waals surface area contributed by atoms with E-state index < -0.39 is 40.9 Å². The minimum Gasteiger partial charge on any atom is -0.444 e. The average molecular weight is 498 g/mol. The zero-order valence-corrected chi connectivity index (χ0v) is 18.9. The summed E-state index contributed by atoms with van der Waals surface area (Å²) in [5.74, 6) is -3.68. The Morgan fingerprint density at radius 1 is 1.08 bits per heavy atom. The smallest absolute Gasteiger partial charge is 0.414 e. The largest absolute Gasteiger partial charge is 0.444 e. The van der Waals surface area contributed by atoms with Crippen molar-refractivity contribution in [1.29, 1.82) is 0 Å². The number of carbonyl (C=O) groups excluding carboxylic acids is 1. The van der Waals surface area contributed by atoms with E-state index in [1.54, 1.807) is 24.4 Å². The fourth-order valence-electron chi connectivity index (χ4n) is 4.02. The second-order valence-corrected chi connectivity index (χ2v) is 8.29. The molecule has 2 N–H and O–H groups in total. The van der Waals surface area contributed by atoms with Gasteiger partial charge in [0.05, 0.1) is 35.4 Å². The number of hydrogen-bond acceptors (Lipinski definition) is 7. The third-order valence-corrected chi connectivity index (χ3v) is 5.86. The van der Waals surface area contributed by atoms with E-state index in [2.05, 4.69) is 25.9 Å². The van der Waals surface area contributed by atoms with Crippen molar-refractivity contribution in [2.24, 2.45) is 0 Å². The molecule has 0 radical (unpaired) electrons. The molecule has 4 aromatic rings. The van der Waals surface area contributed by atoms with E-state index in [-0.39, 0.29) is 12.1 Å². The number of ether oxygens (including phenoxy) is 1. The van der Waals surface area contributed by atoms with Gasteiger partial charge in [-0.25, -0.2) is 18.0 Å². The fourth-order valence-corrected chi connectivity index (χ4v) is 4.02. The Labute approximate surface area is 203 Å². The van der Waals surface area contributed by atoms with Crippen LogP contribution in [0.4, 0.5) is 23.7 Å². The van der Waals surface area contributed by atoms with Crippen molar-refractivity contribution in [3.63, 3.8) is 0 Å². The summed E-state index contributed by atoms with van der Waals surface area (Å²) in [6, 6.07) is 8.90. The molecule has 0 bridgehead atoms. The number of carbonyl (C=O) groups is 1. The molecule has 9 nitrogen and oxygen atoms in total. The highest BCUT2D eigenvalue weighted by Gasteiger charge is 2.35. The summed E-state index contributed by atoms with van der Waals surface area (Å²) in [6.45, 7) is 0.941. The van der Waals surface area contributed by atoms with Gasteiger partial charge in [0.2, 0.25) is 0 Å². The topological polar surface area (TPSA) is 109 Å². The normalized spacial score (nSPS) is 15.5. The van der Waals surface area contributed by atoms with Crippen LogP contribution < -0.4 is 10.2 Å². The number of amides is 1. The van der Waals surface area contributed by atoms with E-state index in [1.165, 1.54) is 18.4 Å². The molecule has 0 saturated carbocycles. The zero-order valence-electron chi connectivity index (χ0n) is 18.9. The third-order valence-electron chi connectivity index (χ3n) is 5.86. The molecule has 1 aliphatic heterocycles. The van der Waals surface area contributed by atoms with E-state index in [9.17, 15) is 4.79 Å². The standard InChI is InChI=1S/C24H21F3N6O3/c25-19-9-20(33-13-18(36-24(33)34)6-5-16-7-8-35-31-16)22(26)23(27)21(19)15-3-1-14(2-4-15)10-28-11-17-12-29-32-30-17/h1-4,7-9,12,18,28H,5-6,10-11,13H2,(H,29,30,32)/t18-/m0/s1. The number of anilines is 1. The van der Waals surface area contributed by atoms with Gasteiger partial charge in [0.25, 0.3) is 0 Å². The molecule has 0 aliphatic carbocycles. The Balaban J connectivity index is 1.28. The fraction of sp³-hybridized carbons (Fsp3) is 0.250. The van der Waals surface area contributed by atoms with Crippen molar-refractivity contribution < 1.29 is 27.2 Å². The third kappa shape index (κ3) is 4.93. The Hall–Kier alpha value is -4.19. The van der Waals surface area contributed by atoms with Gasteiger partial charge in [0.15, 0.2) is 11.6 Å². The summed E-state index contributed by atoms with van der Waals surface area (Å²) >= 11 is 0. The van der Waals surface area contributed by atoms with Crippen LogP contribution >= 0.6 is 0 Å². The van der Waals surface area contributed by atoms with Crippen LogP contribution in [0.15, 0.2) is 53.4 Å². The SMILES string of the molecule is O=C1O[C@@H](CCc2ccon2)CN1c1cc(F)c(-c2ccc(CNCc3cn[nH]n3)cc2)c(F)c1F. The maximum absolute atomic E-state index is 15.0. The number of halogens is 3. The first kappa shape index (κ1) is 23.5. The van der Waals surface area contributed by atoms with Crippen LogP contribution in [0.5, 0.6) is 0 Å². The van der Waals surface area contributed by atoms with Crippen molar-refractivity contribution >= 4 is 11.8 Å². The maximum atomic E-state index is 15.0. The van der Waals surface area contributed by atoms with E-state index in [4.69, 9.17) is 9.26 Å². The van der Waals surface area contributed by atoms with Crippen LogP contribution in [0, 0.1) is 17.5 Å². The van der Waals surface area contributed by atoms with Gasteiger partial charge in [-0.15, -0.1) is 0 Å². The molecule has 0 unspecified atom stereocenters. The number of nitrogens with zero attached hydrogens (tertiary/aromatic N) is 4. The molecule has 1 amide bonds. The monoisotopic (exact) mass is 498 g/mol. The van der Waals surface area contributed by atoms with Gasteiger partial charge in [-0.2, -0.15) is 15.4 Å². The lowest BCUT2D eigenvalue weighted by Crippen LogP contribution is -2.26. The first-order valence-electron chi connectivity index (χ1n) is 11.2. The van der Waals surface area contributed by atoms with Crippen LogP contribution in [-0.2, 0) is 24.2 Å². The molecular weight excluding hydrogens is 477 g/mol. The number of aromatic amines is 1. The maximum Gasteiger partial charge on any atom is 0.414 e. The molecule has 36 heavy (non-hydrogen) atoms. The molecule has 1 atom stereocenters. The molecule has 0 spiro atoms. The number of H-pyrrole nitrogens is 1. The highest BCUT2D eigenvalue weighted by molar-refractivity contribution is 5.90. The molecule has 5 rings (SSSR count). The highest BCUT2D eigenvalue weighted by Crippen LogP contribution is 2.35. The van der Waals surface area contributed by atoms with E-state index in [0.717, 1.165) is 22.2 Å². The molecule has 3 heterocycles. The average Bonchev–Trinajstić information content (AvgIpc) is 3.64.